The van der Waals surface area contributed by atoms with Crippen LogP contribution in [0.15, 0.2) is 35.2 Å². The molecule has 2 aromatic rings. The van der Waals surface area contributed by atoms with Gasteiger partial charge < -0.3 is 0 Å². The van der Waals surface area contributed by atoms with Crippen LogP contribution in [-0.4, -0.2) is 36.2 Å². The Balaban J connectivity index is 2.40. The first-order valence-corrected chi connectivity index (χ1v) is 8.19. The molecule has 7 heteroatoms. The van der Waals surface area contributed by atoms with Gasteiger partial charge in [0.1, 0.15) is 4.90 Å². The van der Waals surface area contributed by atoms with E-state index >= 15 is 0 Å². The number of hydrogen-bond donors (Lipinski definition) is 1. The summed E-state index contributed by atoms with van der Waals surface area (Å²) in [7, 11) is -4.44. The predicted octanol–water partition coefficient (Wildman–Crippen LogP) is 2.09. The normalized spacial score (nSPS) is 14.7. The number of benzene rings is 2. The van der Waals surface area contributed by atoms with E-state index in [9.17, 15) is 22.6 Å². The second kappa shape index (κ2) is 4.89. The van der Waals surface area contributed by atoms with Crippen molar-refractivity contribution in [2.45, 2.75) is 18.2 Å². The van der Waals surface area contributed by atoms with Crippen LogP contribution in [0, 0.1) is 0 Å². The van der Waals surface area contributed by atoms with E-state index in [2.05, 4.69) is 0 Å². The van der Waals surface area contributed by atoms with Gasteiger partial charge in [-0.1, -0.05) is 19.1 Å². The molecule has 22 heavy (non-hydrogen) atoms. The lowest BCUT2D eigenvalue weighted by molar-refractivity contribution is 0.0610. The summed E-state index contributed by atoms with van der Waals surface area (Å²) in [6.45, 7) is 2.16. The van der Waals surface area contributed by atoms with Gasteiger partial charge in [0.15, 0.2) is 0 Å². The lowest BCUT2D eigenvalue weighted by Gasteiger charge is -2.27. The van der Waals surface area contributed by atoms with Crippen molar-refractivity contribution in [2.75, 3.05) is 6.54 Å². The van der Waals surface area contributed by atoms with Crippen molar-refractivity contribution in [1.82, 2.24) is 4.90 Å². The number of hydrogen-bond acceptors (Lipinski definition) is 4. The average Bonchev–Trinajstić information content (AvgIpc) is 2.47. The van der Waals surface area contributed by atoms with E-state index < -0.39 is 21.9 Å². The number of rotatable bonds is 3. The Kier molecular flexibility index (Phi) is 3.26. The summed E-state index contributed by atoms with van der Waals surface area (Å²) in [6, 6.07) is 7.09. The summed E-state index contributed by atoms with van der Waals surface area (Å²) in [5.41, 5.74) is 0.539. The molecule has 1 N–H and O–H groups in total. The number of nitrogens with zero attached hydrogens (tertiary/aromatic N) is 1. The first-order chi connectivity index (χ1) is 10.4. The van der Waals surface area contributed by atoms with E-state index in [1.54, 1.807) is 6.07 Å². The van der Waals surface area contributed by atoms with Crippen LogP contribution in [0.1, 0.15) is 34.1 Å². The first kappa shape index (κ1) is 14.7. The third-order valence-electron chi connectivity index (χ3n) is 3.68. The molecule has 0 atom stereocenters. The zero-order valence-electron chi connectivity index (χ0n) is 11.7. The van der Waals surface area contributed by atoms with E-state index in [-0.39, 0.29) is 26.8 Å². The minimum Gasteiger partial charge on any atom is -0.282 e. The van der Waals surface area contributed by atoms with Crippen LogP contribution in [0.2, 0.25) is 0 Å². The molecule has 0 saturated heterocycles. The molecule has 2 aromatic carbocycles. The van der Waals surface area contributed by atoms with Crippen LogP contribution in [0.25, 0.3) is 10.8 Å². The van der Waals surface area contributed by atoms with Crippen LogP contribution >= 0.6 is 0 Å². The van der Waals surface area contributed by atoms with Gasteiger partial charge in [-0.2, -0.15) is 8.42 Å². The second-order valence-corrected chi connectivity index (χ2v) is 6.47. The Morgan fingerprint density at radius 1 is 1.05 bits per heavy atom. The second-order valence-electron chi connectivity index (χ2n) is 5.08. The molecular weight excluding hydrogens is 306 g/mol. The van der Waals surface area contributed by atoms with E-state index in [0.717, 1.165) is 4.90 Å². The summed E-state index contributed by atoms with van der Waals surface area (Å²) in [6.07, 6.45) is 0.631. The molecule has 3 rings (SSSR count). The molecule has 0 fully saturated rings. The SMILES string of the molecule is CCCN1C(=O)c2cccc3c(S(=O)(=O)O)ccc(c23)C1=O. The molecular formula is C15H13NO5S. The Morgan fingerprint density at radius 3 is 2.27 bits per heavy atom. The fourth-order valence-electron chi connectivity index (χ4n) is 2.77. The lowest BCUT2D eigenvalue weighted by Crippen LogP contribution is -2.40. The van der Waals surface area contributed by atoms with E-state index in [4.69, 9.17) is 0 Å². The van der Waals surface area contributed by atoms with E-state index in [1.807, 2.05) is 6.92 Å². The number of carbonyl (C=O) groups is 2. The molecule has 0 saturated carbocycles. The molecule has 0 bridgehead atoms. The van der Waals surface area contributed by atoms with Crippen molar-refractivity contribution in [3.05, 3.63) is 41.5 Å². The zero-order valence-corrected chi connectivity index (χ0v) is 12.6. The summed E-state index contributed by atoms with van der Waals surface area (Å²) in [4.78, 5) is 25.8. The fraction of sp³-hybridized carbons (Fsp3) is 0.200. The van der Waals surface area contributed by atoms with Crippen LogP contribution in [0.3, 0.4) is 0 Å². The summed E-state index contributed by atoms with van der Waals surface area (Å²) in [5.74, 6) is -0.894. The van der Waals surface area contributed by atoms with E-state index in [0.29, 0.717) is 13.0 Å². The van der Waals surface area contributed by atoms with Gasteiger partial charge in [-0.25, -0.2) is 0 Å². The minimum absolute atomic E-state index is 0.176. The number of carbonyl (C=O) groups excluding carboxylic acids is 2. The average molecular weight is 319 g/mol. The van der Waals surface area contributed by atoms with Gasteiger partial charge in [-0.3, -0.25) is 19.0 Å². The van der Waals surface area contributed by atoms with E-state index in [1.165, 1.54) is 24.3 Å². The Bertz CT molecular complexity index is 895. The van der Waals surface area contributed by atoms with Crippen LogP contribution in [-0.2, 0) is 10.1 Å². The van der Waals surface area contributed by atoms with Crippen molar-refractivity contribution in [2.24, 2.45) is 0 Å². The highest BCUT2D eigenvalue weighted by Crippen LogP contribution is 2.33. The molecule has 6 nitrogen and oxygen atoms in total. The largest absolute Gasteiger partial charge is 0.295 e. The summed E-state index contributed by atoms with van der Waals surface area (Å²) in [5, 5.41) is 0.454. The van der Waals surface area contributed by atoms with Crippen LogP contribution in [0.5, 0.6) is 0 Å². The molecule has 1 aliphatic heterocycles. The van der Waals surface area contributed by atoms with Gasteiger partial charge in [-0.05, 0) is 24.6 Å². The summed E-state index contributed by atoms with van der Waals surface area (Å²) < 4.78 is 32.3. The third kappa shape index (κ3) is 2.01. The zero-order chi connectivity index (χ0) is 16.1. The molecule has 2 amide bonds. The highest BCUT2D eigenvalue weighted by molar-refractivity contribution is 7.86. The maximum Gasteiger partial charge on any atom is 0.295 e. The third-order valence-corrected chi connectivity index (χ3v) is 4.59. The molecule has 0 unspecified atom stereocenters. The predicted molar refractivity (Wildman–Crippen MR) is 79.4 cm³/mol. The van der Waals surface area contributed by atoms with Gasteiger partial charge in [0.05, 0.1) is 0 Å². The van der Waals surface area contributed by atoms with Crippen molar-refractivity contribution in [3.63, 3.8) is 0 Å². The number of amides is 2. The van der Waals surface area contributed by atoms with Crippen molar-refractivity contribution < 1.29 is 22.6 Å². The highest BCUT2D eigenvalue weighted by atomic mass is 32.2. The highest BCUT2D eigenvalue weighted by Gasteiger charge is 2.33. The van der Waals surface area contributed by atoms with Gasteiger partial charge in [-0.15, -0.1) is 0 Å². The van der Waals surface area contributed by atoms with Gasteiger partial charge in [0, 0.05) is 28.4 Å². The summed E-state index contributed by atoms with van der Waals surface area (Å²) >= 11 is 0. The number of imide groups is 1. The molecule has 0 aromatic heterocycles. The fourth-order valence-corrected chi connectivity index (χ4v) is 3.46. The van der Waals surface area contributed by atoms with Crippen molar-refractivity contribution in [3.8, 4) is 0 Å². The Labute approximate surface area is 127 Å². The Morgan fingerprint density at radius 2 is 1.68 bits per heavy atom. The lowest BCUT2D eigenvalue weighted by atomic mass is 9.94. The van der Waals surface area contributed by atoms with Gasteiger partial charge in [0.25, 0.3) is 21.9 Å². The monoisotopic (exact) mass is 319 g/mol. The molecule has 1 aliphatic rings. The molecule has 0 radical (unpaired) electrons. The quantitative estimate of drug-likeness (QED) is 0.691. The van der Waals surface area contributed by atoms with Crippen LogP contribution in [0.4, 0.5) is 0 Å². The topological polar surface area (TPSA) is 91.8 Å². The molecule has 114 valence electrons. The standard InChI is InChI=1S/C15H13NO5S/c1-2-8-16-14(17)10-5-3-4-9-12(22(19,20)21)7-6-11(13(9)10)15(16)18/h3-7H,2,8H2,1H3,(H,19,20,21). The first-order valence-electron chi connectivity index (χ1n) is 6.75. The smallest absolute Gasteiger partial charge is 0.282 e. The Hall–Kier alpha value is -2.25. The van der Waals surface area contributed by atoms with Crippen molar-refractivity contribution >= 4 is 32.7 Å². The molecule has 1 heterocycles. The maximum absolute atomic E-state index is 12.5. The molecule has 0 aliphatic carbocycles. The maximum atomic E-state index is 12.5. The van der Waals surface area contributed by atoms with Gasteiger partial charge >= 0.3 is 0 Å². The van der Waals surface area contributed by atoms with Crippen LogP contribution < -0.4 is 0 Å². The van der Waals surface area contributed by atoms with Gasteiger partial charge in [0.2, 0.25) is 0 Å². The minimum atomic E-state index is -4.44. The van der Waals surface area contributed by atoms with Crippen molar-refractivity contribution in [1.29, 1.82) is 0 Å². The molecule has 0 spiro atoms.